The van der Waals surface area contributed by atoms with Crippen molar-refractivity contribution in [3.8, 4) is 0 Å². The summed E-state index contributed by atoms with van der Waals surface area (Å²) in [4.78, 5) is 40.6. The van der Waals surface area contributed by atoms with Gasteiger partial charge in [-0.2, -0.15) is 0 Å². The van der Waals surface area contributed by atoms with Crippen LogP contribution in [0.3, 0.4) is 0 Å². The van der Waals surface area contributed by atoms with Crippen LogP contribution in [0.25, 0.3) is 0 Å². The number of benzene rings is 1. The number of carbonyl (C=O) groups excluding carboxylic acids is 3. The molecule has 2 saturated heterocycles. The van der Waals surface area contributed by atoms with Gasteiger partial charge in [-0.1, -0.05) is 23.9 Å². The number of nitrogens with zero attached hydrogens (tertiary/aromatic N) is 2. The van der Waals surface area contributed by atoms with Crippen molar-refractivity contribution in [2.24, 2.45) is 0 Å². The minimum Gasteiger partial charge on any atom is -0.360 e. The molecular weight excluding hydrogens is 376 g/mol. The van der Waals surface area contributed by atoms with Crippen molar-refractivity contribution in [1.29, 1.82) is 0 Å². The van der Waals surface area contributed by atoms with Crippen LogP contribution in [0.15, 0.2) is 18.2 Å². The molecule has 28 heavy (non-hydrogen) atoms. The highest BCUT2D eigenvalue weighted by molar-refractivity contribution is 8.14. The lowest BCUT2D eigenvalue weighted by molar-refractivity contribution is -0.914. The fourth-order valence-electron chi connectivity index (χ4n) is 3.77. The normalized spacial score (nSPS) is 19.2. The van der Waals surface area contributed by atoms with Crippen LogP contribution < -0.4 is 15.1 Å². The molecule has 2 fully saturated rings. The summed E-state index contributed by atoms with van der Waals surface area (Å²) in [5.41, 5.74) is 3.91. The number of anilines is 1. The monoisotopic (exact) mass is 405 g/mol. The highest BCUT2D eigenvalue weighted by Crippen LogP contribution is 2.22. The Balaban J connectivity index is 1.46. The lowest BCUT2D eigenvalue weighted by atomic mass is 10.1. The molecule has 1 aromatic rings. The van der Waals surface area contributed by atoms with E-state index < -0.39 is 0 Å². The zero-order chi connectivity index (χ0) is 20.3. The topological polar surface area (TPSA) is 74.2 Å². The molecule has 0 unspecified atom stereocenters. The standard InChI is InChI=1S/C20H28N4O3S/c1-14-5-4-6-17(15(14)2)23-11-9-22(10-12-23)16(3)19(26)21-7-8-24-18(25)13-28-20(24)27/h4-6,16H,7-13H2,1-3H3,(H,21,26)/p+1/t16-/m0/s1. The van der Waals surface area contributed by atoms with Crippen LogP contribution in [0.4, 0.5) is 10.5 Å². The van der Waals surface area contributed by atoms with Gasteiger partial charge in [-0.25, -0.2) is 0 Å². The molecule has 0 aromatic heterocycles. The molecule has 0 bridgehead atoms. The van der Waals surface area contributed by atoms with Crippen LogP contribution in [-0.4, -0.2) is 73.0 Å². The third kappa shape index (κ3) is 4.50. The zero-order valence-electron chi connectivity index (χ0n) is 16.8. The summed E-state index contributed by atoms with van der Waals surface area (Å²) in [6.07, 6.45) is 0. The minimum absolute atomic E-state index is 0.0260. The molecule has 0 spiro atoms. The van der Waals surface area contributed by atoms with E-state index in [4.69, 9.17) is 0 Å². The Morgan fingerprint density at radius 1 is 1.25 bits per heavy atom. The van der Waals surface area contributed by atoms with Crippen molar-refractivity contribution in [1.82, 2.24) is 10.2 Å². The average Bonchev–Trinajstić information content (AvgIpc) is 3.01. The fraction of sp³-hybridized carbons (Fsp3) is 0.550. The van der Waals surface area contributed by atoms with Crippen LogP contribution >= 0.6 is 11.8 Å². The average molecular weight is 406 g/mol. The second-order valence-electron chi connectivity index (χ2n) is 7.48. The smallest absolute Gasteiger partial charge is 0.288 e. The van der Waals surface area contributed by atoms with Crippen LogP contribution in [0, 0.1) is 13.8 Å². The summed E-state index contributed by atoms with van der Waals surface area (Å²) in [5, 5.41) is 2.66. The van der Waals surface area contributed by atoms with Gasteiger partial charge in [0, 0.05) is 18.8 Å². The van der Waals surface area contributed by atoms with Gasteiger partial charge in [0.1, 0.15) is 0 Å². The molecule has 1 atom stereocenters. The van der Waals surface area contributed by atoms with E-state index in [9.17, 15) is 14.4 Å². The van der Waals surface area contributed by atoms with E-state index >= 15 is 0 Å². The van der Waals surface area contributed by atoms with E-state index in [1.54, 1.807) is 0 Å². The molecule has 3 amide bonds. The molecule has 2 N–H and O–H groups in total. The van der Waals surface area contributed by atoms with Gasteiger partial charge >= 0.3 is 0 Å². The molecule has 0 radical (unpaired) electrons. The number of aryl methyl sites for hydroxylation is 1. The maximum atomic E-state index is 12.5. The molecule has 2 heterocycles. The van der Waals surface area contributed by atoms with Crippen molar-refractivity contribution >= 4 is 34.5 Å². The van der Waals surface area contributed by atoms with Crippen molar-refractivity contribution in [3.05, 3.63) is 29.3 Å². The SMILES string of the molecule is Cc1cccc(N2CC[NH+]([C@@H](C)C(=O)NCCN3C(=O)CSC3=O)CC2)c1C. The molecule has 2 aliphatic rings. The highest BCUT2D eigenvalue weighted by Gasteiger charge is 2.31. The second kappa shape index (κ2) is 8.96. The third-order valence-corrected chi connectivity index (χ3v) is 6.66. The number of hydrogen-bond acceptors (Lipinski definition) is 5. The third-order valence-electron chi connectivity index (χ3n) is 5.80. The van der Waals surface area contributed by atoms with Crippen molar-refractivity contribution in [3.63, 3.8) is 0 Å². The number of quaternary nitrogens is 1. The van der Waals surface area contributed by atoms with Crippen molar-refractivity contribution in [2.45, 2.75) is 26.8 Å². The van der Waals surface area contributed by atoms with Gasteiger partial charge in [-0.05, 0) is 38.0 Å². The Morgan fingerprint density at radius 2 is 1.96 bits per heavy atom. The lowest BCUT2D eigenvalue weighted by Crippen LogP contribution is -3.19. The number of hydrogen-bond donors (Lipinski definition) is 2. The largest absolute Gasteiger partial charge is 0.360 e. The summed E-state index contributed by atoms with van der Waals surface area (Å²) in [7, 11) is 0. The molecule has 8 heteroatoms. The minimum atomic E-state index is -0.222. The molecule has 3 rings (SSSR count). The van der Waals surface area contributed by atoms with E-state index in [-0.39, 0.29) is 35.4 Å². The summed E-state index contributed by atoms with van der Waals surface area (Å²) in [5.74, 6) is 0.00491. The maximum Gasteiger partial charge on any atom is 0.288 e. The zero-order valence-corrected chi connectivity index (χ0v) is 17.6. The number of amides is 3. The number of imide groups is 1. The van der Waals surface area contributed by atoms with Gasteiger partial charge in [-0.3, -0.25) is 19.3 Å². The van der Waals surface area contributed by atoms with E-state index in [0.29, 0.717) is 6.54 Å². The Morgan fingerprint density at radius 3 is 2.61 bits per heavy atom. The number of piperazine rings is 1. The Labute approximate surface area is 170 Å². The van der Waals surface area contributed by atoms with E-state index in [0.717, 1.165) is 37.9 Å². The first kappa shape index (κ1) is 20.7. The first-order chi connectivity index (χ1) is 13.4. The predicted octanol–water partition coefficient (Wildman–Crippen LogP) is 0.208. The number of thioether (sulfide) groups is 1. The van der Waals surface area contributed by atoms with Crippen LogP contribution in [0.1, 0.15) is 18.1 Å². The number of carbonyl (C=O) groups is 3. The van der Waals surface area contributed by atoms with Crippen LogP contribution in [-0.2, 0) is 9.59 Å². The highest BCUT2D eigenvalue weighted by atomic mass is 32.2. The predicted molar refractivity (Wildman–Crippen MR) is 111 cm³/mol. The Bertz CT molecular complexity index is 746. The van der Waals surface area contributed by atoms with Crippen molar-refractivity contribution in [2.75, 3.05) is 49.9 Å². The summed E-state index contributed by atoms with van der Waals surface area (Å²) in [6.45, 7) is 10.4. The molecule has 0 aliphatic carbocycles. The fourth-order valence-corrected chi connectivity index (χ4v) is 4.52. The molecule has 2 aliphatic heterocycles. The molecule has 7 nitrogen and oxygen atoms in total. The number of rotatable bonds is 6. The van der Waals surface area contributed by atoms with Crippen LogP contribution in [0.5, 0.6) is 0 Å². The van der Waals surface area contributed by atoms with Crippen molar-refractivity contribution < 1.29 is 19.3 Å². The quantitative estimate of drug-likeness (QED) is 0.708. The van der Waals surface area contributed by atoms with Crippen LogP contribution in [0.2, 0.25) is 0 Å². The summed E-state index contributed by atoms with van der Waals surface area (Å²) < 4.78 is 0. The lowest BCUT2D eigenvalue weighted by Gasteiger charge is -2.36. The molecular formula is C20H29N4O3S+. The molecule has 0 saturated carbocycles. The number of nitrogens with one attached hydrogen (secondary N) is 2. The first-order valence-corrected chi connectivity index (χ1v) is 10.8. The molecule has 152 valence electrons. The summed E-state index contributed by atoms with van der Waals surface area (Å²) in [6, 6.07) is 6.25. The van der Waals surface area contributed by atoms with E-state index in [1.807, 2.05) is 6.92 Å². The summed E-state index contributed by atoms with van der Waals surface area (Å²) >= 11 is 1.02. The van der Waals surface area contributed by atoms with Gasteiger partial charge in [0.2, 0.25) is 5.91 Å². The van der Waals surface area contributed by atoms with Gasteiger partial charge in [0.25, 0.3) is 11.1 Å². The second-order valence-corrected chi connectivity index (χ2v) is 8.40. The first-order valence-electron chi connectivity index (χ1n) is 9.79. The maximum absolute atomic E-state index is 12.5. The van der Waals surface area contributed by atoms with Gasteiger partial charge < -0.3 is 15.1 Å². The molecule has 1 aromatic carbocycles. The van der Waals surface area contributed by atoms with Gasteiger partial charge in [-0.15, -0.1) is 0 Å². The van der Waals surface area contributed by atoms with Gasteiger partial charge in [0.15, 0.2) is 6.04 Å². The Hall–Kier alpha value is -2.06. The van der Waals surface area contributed by atoms with E-state index in [2.05, 4.69) is 42.3 Å². The van der Waals surface area contributed by atoms with Gasteiger partial charge in [0.05, 0.1) is 31.9 Å². The van der Waals surface area contributed by atoms with E-state index in [1.165, 1.54) is 26.6 Å². The Kier molecular flexibility index (Phi) is 6.61.